The molecule has 2 N–H and O–H groups in total. The largest absolute Gasteiger partial charge is 0.481 e. The molecule has 0 aliphatic rings. The molecule has 0 spiro atoms. The molecule has 0 aromatic heterocycles. The number of carboxylic acid groups (broad SMARTS) is 1. The molecular weight excluding hydrogens is 264 g/mol. The molecule has 0 heterocycles. The first kappa shape index (κ1) is 18.0. The van der Waals surface area contributed by atoms with Gasteiger partial charge in [-0.2, -0.15) is 20.8 Å². The third kappa shape index (κ3) is 6.78. The molecule has 20 heavy (non-hydrogen) atoms. The SMILES string of the molecule is CC(C#N)(CCCOO)/N=N/C(C)(C#N)CCC(=O)O. The average Bonchev–Trinajstić information content (AvgIpc) is 2.43. The first-order valence-corrected chi connectivity index (χ1v) is 6.05. The molecule has 2 unspecified atom stereocenters. The molecule has 0 rings (SSSR count). The van der Waals surface area contributed by atoms with Crippen LogP contribution in [0.1, 0.15) is 39.5 Å². The van der Waals surface area contributed by atoms with Crippen molar-refractivity contribution in [1.29, 1.82) is 10.5 Å². The second-order valence-electron chi connectivity index (χ2n) is 4.80. The van der Waals surface area contributed by atoms with Crippen molar-refractivity contribution in [3.05, 3.63) is 0 Å². The average molecular weight is 282 g/mol. The van der Waals surface area contributed by atoms with Crippen molar-refractivity contribution in [3.63, 3.8) is 0 Å². The van der Waals surface area contributed by atoms with E-state index in [0.717, 1.165) is 0 Å². The van der Waals surface area contributed by atoms with Gasteiger partial charge in [0.15, 0.2) is 11.1 Å². The molecule has 0 amide bonds. The number of nitrogens with zero attached hydrogens (tertiary/aromatic N) is 4. The van der Waals surface area contributed by atoms with Crippen LogP contribution in [0.5, 0.6) is 0 Å². The lowest BCUT2D eigenvalue weighted by Gasteiger charge is -2.18. The fourth-order valence-corrected chi connectivity index (χ4v) is 1.31. The van der Waals surface area contributed by atoms with Gasteiger partial charge in [0, 0.05) is 6.42 Å². The van der Waals surface area contributed by atoms with E-state index in [1.165, 1.54) is 6.92 Å². The Kier molecular flexibility index (Phi) is 7.37. The van der Waals surface area contributed by atoms with Gasteiger partial charge >= 0.3 is 5.97 Å². The van der Waals surface area contributed by atoms with Gasteiger partial charge in [-0.25, -0.2) is 4.89 Å². The molecule has 0 saturated heterocycles. The number of carboxylic acids is 1. The number of hydrogen-bond acceptors (Lipinski definition) is 7. The third-order valence-electron chi connectivity index (χ3n) is 2.70. The number of aliphatic carboxylic acids is 1. The van der Waals surface area contributed by atoms with Crippen molar-refractivity contribution in [1.82, 2.24) is 0 Å². The molecule has 0 aromatic carbocycles. The zero-order chi connectivity index (χ0) is 15.6. The van der Waals surface area contributed by atoms with Crippen molar-refractivity contribution in [3.8, 4) is 12.1 Å². The molecule has 0 aliphatic heterocycles. The van der Waals surface area contributed by atoms with Crippen LogP contribution in [0.15, 0.2) is 10.2 Å². The van der Waals surface area contributed by atoms with Crippen molar-refractivity contribution in [2.45, 2.75) is 50.6 Å². The van der Waals surface area contributed by atoms with Gasteiger partial charge in [-0.05, 0) is 33.1 Å². The summed E-state index contributed by atoms with van der Waals surface area (Å²) >= 11 is 0. The molecule has 8 nitrogen and oxygen atoms in total. The predicted molar refractivity (Wildman–Crippen MR) is 67.6 cm³/mol. The number of nitriles is 2. The van der Waals surface area contributed by atoms with E-state index in [4.69, 9.17) is 20.9 Å². The summed E-state index contributed by atoms with van der Waals surface area (Å²) in [6.07, 6.45) is 0.514. The molecule has 0 aromatic rings. The molecule has 2 atom stereocenters. The molecule has 110 valence electrons. The Hall–Kier alpha value is -2.03. The summed E-state index contributed by atoms with van der Waals surface area (Å²) in [5.41, 5.74) is -2.41. The van der Waals surface area contributed by atoms with Crippen LogP contribution in [0.25, 0.3) is 0 Å². The van der Waals surface area contributed by atoms with E-state index in [0.29, 0.717) is 12.8 Å². The lowest BCUT2D eigenvalue weighted by Crippen LogP contribution is -2.24. The maximum absolute atomic E-state index is 10.5. The summed E-state index contributed by atoms with van der Waals surface area (Å²) in [5.74, 6) is -1.02. The Balaban J connectivity index is 4.79. The summed E-state index contributed by atoms with van der Waals surface area (Å²) in [6.45, 7) is 3.08. The maximum atomic E-state index is 10.5. The molecule has 0 bridgehead atoms. The van der Waals surface area contributed by atoms with Crippen LogP contribution in [-0.2, 0) is 9.68 Å². The lowest BCUT2D eigenvalue weighted by atomic mass is 9.98. The highest BCUT2D eigenvalue weighted by Crippen LogP contribution is 2.23. The highest BCUT2D eigenvalue weighted by atomic mass is 17.1. The fraction of sp³-hybridized carbons (Fsp3) is 0.750. The second kappa shape index (κ2) is 8.20. The first-order chi connectivity index (χ1) is 9.31. The monoisotopic (exact) mass is 282 g/mol. The van der Waals surface area contributed by atoms with Gasteiger partial charge in [-0.1, -0.05) is 0 Å². The molecular formula is C12H18N4O4. The zero-order valence-corrected chi connectivity index (χ0v) is 11.5. The Labute approximate surface area is 117 Å². The molecule has 0 saturated carbocycles. The van der Waals surface area contributed by atoms with Gasteiger partial charge in [0.25, 0.3) is 0 Å². The summed E-state index contributed by atoms with van der Waals surface area (Å²) < 4.78 is 0. The van der Waals surface area contributed by atoms with Crippen molar-refractivity contribution in [2.24, 2.45) is 10.2 Å². The highest BCUT2D eigenvalue weighted by Gasteiger charge is 2.28. The summed E-state index contributed by atoms with van der Waals surface area (Å²) in [6, 6.07) is 3.88. The minimum absolute atomic E-state index is 0.0175. The van der Waals surface area contributed by atoms with Crippen LogP contribution in [-0.4, -0.2) is 34.0 Å². The number of azo groups is 1. The summed E-state index contributed by atoms with van der Waals surface area (Å²) in [4.78, 5) is 14.4. The highest BCUT2D eigenvalue weighted by molar-refractivity contribution is 5.66. The topological polar surface area (TPSA) is 139 Å². The van der Waals surface area contributed by atoms with Crippen LogP contribution in [0.2, 0.25) is 0 Å². The first-order valence-electron chi connectivity index (χ1n) is 6.05. The van der Waals surface area contributed by atoms with Crippen LogP contribution in [0.4, 0.5) is 0 Å². The molecule has 8 heteroatoms. The maximum Gasteiger partial charge on any atom is 0.303 e. The van der Waals surface area contributed by atoms with Gasteiger partial charge in [0.2, 0.25) is 0 Å². The van der Waals surface area contributed by atoms with E-state index in [-0.39, 0.29) is 19.4 Å². The van der Waals surface area contributed by atoms with Gasteiger partial charge in [-0.3, -0.25) is 10.1 Å². The van der Waals surface area contributed by atoms with Crippen LogP contribution >= 0.6 is 0 Å². The van der Waals surface area contributed by atoms with Crippen LogP contribution in [0, 0.1) is 22.7 Å². The summed E-state index contributed by atoms with van der Waals surface area (Å²) in [7, 11) is 0. The van der Waals surface area contributed by atoms with E-state index in [1.54, 1.807) is 6.92 Å². The molecule has 0 fully saturated rings. The van der Waals surface area contributed by atoms with Gasteiger partial charge in [-0.15, -0.1) is 0 Å². The van der Waals surface area contributed by atoms with Crippen LogP contribution in [0.3, 0.4) is 0 Å². The normalized spacial score (nSPS) is 16.9. The zero-order valence-electron chi connectivity index (χ0n) is 11.5. The minimum Gasteiger partial charge on any atom is -0.481 e. The third-order valence-corrected chi connectivity index (χ3v) is 2.70. The summed E-state index contributed by atoms with van der Waals surface area (Å²) in [5, 5.41) is 42.7. The Morgan fingerprint density at radius 2 is 1.70 bits per heavy atom. The number of rotatable bonds is 9. The number of hydrogen-bond donors (Lipinski definition) is 2. The Morgan fingerprint density at radius 3 is 2.10 bits per heavy atom. The smallest absolute Gasteiger partial charge is 0.303 e. The van der Waals surface area contributed by atoms with Crippen molar-refractivity contribution in [2.75, 3.05) is 6.61 Å². The van der Waals surface area contributed by atoms with Crippen LogP contribution < -0.4 is 0 Å². The lowest BCUT2D eigenvalue weighted by molar-refractivity contribution is -0.243. The predicted octanol–water partition coefficient (Wildman–Crippen LogP) is 2.14. The quantitative estimate of drug-likeness (QED) is 0.287. The van der Waals surface area contributed by atoms with Crippen molar-refractivity contribution >= 4 is 5.97 Å². The standard InChI is InChI=1S/C12H18N4O4/c1-11(8-13,5-3-7-20-19)15-16-12(2,9-14)6-4-10(17)18/h19H,3-7H2,1-2H3,(H,17,18)/b16-15+. The second-order valence-corrected chi connectivity index (χ2v) is 4.80. The fourth-order valence-electron chi connectivity index (χ4n) is 1.31. The minimum atomic E-state index is -1.27. The molecule has 0 aliphatic carbocycles. The van der Waals surface area contributed by atoms with Gasteiger partial charge in [0.05, 0.1) is 18.7 Å². The van der Waals surface area contributed by atoms with Crippen molar-refractivity contribution < 1.29 is 20.0 Å². The Morgan fingerprint density at radius 1 is 1.20 bits per heavy atom. The molecule has 0 radical (unpaired) electrons. The van der Waals surface area contributed by atoms with Gasteiger partial charge < -0.3 is 5.11 Å². The number of carbonyl (C=O) groups is 1. The van der Waals surface area contributed by atoms with E-state index in [1.807, 2.05) is 12.1 Å². The van der Waals surface area contributed by atoms with Gasteiger partial charge in [0.1, 0.15) is 0 Å². The van der Waals surface area contributed by atoms with E-state index in [9.17, 15) is 4.79 Å². The Bertz CT molecular complexity index is 440. The van der Waals surface area contributed by atoms with E-state index < -0.39 is 17.0 Å². The van der Waals surface area contributed by atoms with E-state index in [2.05, 4.69) is 15.1 Å². The van der Waals surface area contributed by atoms with E-state index >= 15 is 0 Å².